The minimum absolute atomic E-state index is 0.0976. The molecule has 2 rings (SSSR count). The lowest BCUT2D eigenvalue weighted by Crippen LogP contribution is -2.24. The van der Waals surface area contributed by atoms with Crippen molar-refractivity contribution >= 4 is 0 Å². The molecule has 0 aromatic heterocycles. The summed E-state index contributed by atoms with van der Waals surface area (Å²) in [6, 6.07) is 6.05. The molecule has 1 aliphatic rings. The zero-order valence-corrected chi connectivity index (χ0v) is 10.5. The maximum atomic E-state index is 5.86. The van der Waals surface area contributed by atoms with Crippen molar-refractivity contribution < 1.29 is 9.47 Å². The predicted octanol–water partition coefficient (Wildman–Crippen LogP) is 3.43. The number of fused-ring (bicyclic) bond motifs is 1. The van der Waals surface area contributed by atoms with Crippen molar-refractivity contribution in [1.82, 2.24) is 0 Å². The van der Waals surface area contributed by atoms with Gasteiger partial charge in [0.25, 0.3) is 0 Å². The fourth-order valence-corrected chi connectivity index (χ4v) is 1.97. The molecule has 0 unspecified atom stereocenters. The Hall–Kier alpha value is -1.18. The molecule has 1 aromatic rings. The molecule has 0 radical (unpaired) electrons. The van der Waals surface area contributed by atoms with Crippen LogP contribution >= 0.6 is 0 Å². The van der Waals surface area contributed by atoms with Crippen LogP contribution in [0.3, 0.4) is 0 Å². The molecule has 1 aromatic carbocycles. The van der Waals surface area contributed by atoms with E-state index in [2.05, 4.69) is 27.7 Å². The molecule has 0 N–H and O–H groups in total. The third kappa shape index (κ3) is 2.31. The maximum Gasteiger partial charge on any atom is 0.127 e. The number of rotatable bonds is 3. The van der Waals surface area contributed by atoms with Crippen LogP contribution in [0.5, 0.6) is 11.5 Å². The quantitative estimate of drug-likeness (QED) is 0.777. The minimum atomic E-state index is -0.0976. The van der Waals surface area contributed by atoms with Gasteiger partial charge in [0.2, 0.25) is 0 Å². The van der Waals surface area contributed by atoms with Crippen LogP contribution in [-0.4, -0.2) is 12.2 Å². The van der Waals surface area contributed by atoms with Crippen molar-refractivity contribution in [3.8, 4) is 11.5 Å². The highest BCUT2D eigenvalue weighted by atomic mass is 16.5. The number of hydrogen-bond acceptors (Lipinski definition) is 2. The van der Waals surface area contributed by atoms with E-state index >= 15 is 0 Å². The van der Waals surface area contributed by atoms with Gasteiger partial charge in [-0.25, -0.2) is 0 Å². The lowest BCUT2D eigenvalue weighted by Gasteiger charge is -2.16. The monoisotopic (exact) mass is 220 g/mol. The normalized spacial score (nSPS) is 17.1. The van der Waals surface area contributed by atoms with Crippen LogP contribution in [0.25, 0.3) is 0 Å². The summed E-state index contributed by atoms with van der Waals surface area (Å²) in [5, 5.41) is 0. The Balaban J connectivity index is 2.20. The van der Waals surface area contributed by atoms with Crippen molar-refractivity contribution in [1.29, 1.82) is 0 Å². The van der Waals surface area contributed by atoms with E-state index in [4.69, 9.17) is 9.47 Å². The Labute approximate surface area is 97.6 Å². The van der Waals surface area contributed by atoms with Crippen LogP contribution in [0, 0.1) is 5.92 Å². The van der Waals surface area contributed by atoms with Gasteiger partial charge in [-0.1, -0.05) is 19.9 Å². The van der Waals surface area contributed by atoms with E-state index in [1.165, 1.54) is 5.56 Å². The van der Waals surface area contributed by atoms with Crippen molar-refractivity contribution in [3.63, 3.8) is 0 Å². The Bertz CT molecular complexity index is 380. The SMILES string of the molecule is CC(C)COc1cccc2c1CC(C)(C)O2. The molecule has 0 atom stereocenters. The van der Waals surface area contributed by atoms with Gasteiger partial charge < -0.3 is 9.47 Å². The summed E-state index contributed by atoms with van der Waals surface area (Å²) in [7, 11) is 0. The highest BCUT2D eigenvalue weighted by Gasteiger charge is 2.32. The molecule has 0 spiro atoms. The van der Waals surface area contributed by atoms with E-state index in [9.17, 15) is 0 Å². The number of ether oxygens (including phenoxy) is 2. The van der Waals surface area contributed by atoms with Crippen molar-refractivity contribution in [2.75, 3.05) is 6.61 Å². The maximum absolute atomic E-state index is 5.86. The van der Waals surface area contributed by atoms with Gasteiger partial charge in [0.05, 0.1) is 6.61 Å². The second-order valence-corrected chi connectivity index (χ2v) is 5.48. The lowest BCUT2D eigenvalue weighted by molar-refractivity contribution is 0.138. The first kappa shape index (κ1) is 11.3. The smallest absolute Gasteiger partial charge is 0.127 e. The van der Waals surface area contributed by atoms with Gasteiger partial charge in [-0.2, -0.15) is 0 Å². The standard InChI is InChI=1S/C14H20O2/c1-10(2)9-15-12-6-5-7-13-11(12)8-14(3,4)16-13/h5-7,10H,8-9H2,1-4H3. The number of benzene rings is 1. The van der Waals surface area contributed by atoms with Gasteiger partial charge in [0.15, 0.2) is 0 Å². The fraction of sp³-hybridized carbons (Fsp3) is 0.571. The van der Waals surface area contributed by atoms with Gasteiger partial charge in [-0.15, -0.1) is 0 Å². The lowest BCUT2D eigenvalue weighted by atomic mass is 10.0. The Morgan fingerprint density at radius 3 is 2.81 bits per heavy atom. The van der Waals surface area contributed by atoms with Crippen LogP contribution in [0.4, 0.5) is 0 Å². The van der Waals surface area contributed by atoms with Crippen LogP contribution in [-0.2, 0) is 6.42 Å². The molecule has 0 saturated carbocycles. The van der Waals surface area contributed by atoms with Crippen LogP contribution in [0.15, 0.2) is 18.2 Å². The average Bonchev–Trinajstić information content (AvgIpc) is 2.48. The third-order valence-corrected chi connectivity index (χ3v) is 2.65. The Morgan fingerprint density at radius 2 is 2.12 bits per heavy atom. The zero-order chi connectivity index (χ0) is 11.8. The van der Waals surface area contributed by atoms with Crippen molar-refractivity contribution in [2.45, 2.75) is 39.7 Å². The fourth-order valence-electron chi connectivity index (χ4n) is 1.97. The molecule has 0 saturated heterocycles. The summed E-state index contributed by atoms with van der Waals surface area (Å²) in [6.07, 6.45) is 0.927. The van der Waals surface area contributed by atoms with E-state index in [0.29, 0.717) is 5.92 Å². The molecule has 1 aliphatic heterocycles. The highest BCUT2D eigenvalue weighted by molar-refractivity contribution is 5.48. The second-order valence-electron chi connectivity index (χ2n) is 5.48. The van der Waals surface area contributed by atoms with Gasteiger partial charge in [0, 0.05) is 12.0 Å². The topological polar surface area (TPSA) is 18.5 Å². The largest absolute Gasteiger partial charge is 0.493 e. The van der Waals surface area contributed by atoms with Crippen LogP contribution in [0.2, 0.25) is 0 Å². The summed E-state index contributed by atoms with van der Waals surface area (Å²) in [4.78, 5) is 0. The molecule has 0 aliphatic carbocycles. The first-order valence-electron chi connectivity index (χ1n) is 5.92. The number of hydrogen-bond donors (Lipinski definition) is 0. The molecule has 0 fully saturated rings. The molecular formula is C14H20O2. The van der Waals surface area contributed by atoms with Crippen molar-refractivity contribution in [2.24, 2.45) is 5.92 Å². The Kier molecular flexibility index (Phi) is 2.83. The molecule has 2 heteroatoms. The summed E-state index contributed by atoms with van der Waals surface area (Å²) in [6.45, 7) is 9.29. The summed E-state index contributed by atoms with van der Waals surface area (Å²) < 4.78 is 11.7. The van der Waals surface area contributed by atoms with E-state index in [0.717, 1.165) is 24.5 Å². The van der Waals surface area contributed by atoms with Gasteiger partial charge >= 0.3 is 0 Å². The van der Waals surface area contributed by atoms with Crippen molar-refractivity contribution in [3.05, 3.63) is 23.8 Å². The van der Waals surface area contributed by atoms with Gasteiger partial charge in [-0.3, -0.25) is 0 Å². The molecule has 0 bridgehead atoms. The van der Waals surface area contributed by atoms with Crippen LogP contribution < -0.4 is 9.47 Å². The molecule has 0 amide bonds. The summed E-state index contributed by atoms with van der Waals surface area (Å²) >= 11 is 0. The predicted molar refractivity (Wildman–Crippen MR) is 65.2 cm³/mol. The second kappa shape index (κ2) is 4.00. The molecule has 1 heterocycles. The first-order chi connectivity index (χ1) is 7.48. The minimum Gasteiger partial charge on any atom is -0.493 e. The molecule has 16 heavy (non-hydrogen) atoms. The zero-order valence-electron chi connectivity index (χ0n) is 10.5. The first-order valence-corrected chi connectivity index (χ1v) is 5.92. The summed E-state index contributed by atoms with van der Waals surface area (Å²) in [5.74, 6) is 2.51. The van der Waals surface area contributed by atoms with E-state index < -0.39 is 0 Å². The Morgan fingerprint density at radius 1 is 1.38 bits per heavy atom. The van der Waals surface area contributed by atoms with E-state index in [1.807, 2.05) is 18.2 Å². The molecule has 88 valence electrons. The molecule has 2 nitrogen and oxygen atoms in total. The van der Waals surface area contributed by atoms with Gasteiger partial charge in [0.1, 0.15) is 17.1 Å². The van der Waals surface area contributed by atoms with E-state index in [-0.39, 0.29) is 5.60 Å². The molecular weight excluding hydrogens is 200 g/mol. The summed E-state index contributed by atoms with van der Waals surface area (Å²) in [5.41, 5.74) is 1.12. The van der Waals surface area contributed by atoms with Crippen LogP contribution in [0.1, 0.15) is 33.3 Å². The third-order valence-electron chi connectivity index (χ3n) is 2.65. The van der Waals surface area contributed by atoms with E-state index in [1.54, 1.807) is 0 Å². The highest BCUT2D eigenvalue weighted by Crippen LogP contribution is 2.40. The van der Waals surface area contributed by atoms with Gasteiger partial charge in [-0.05, 0) is 31.9 Å². The average molecular weight is 220 g/mol.